The monoisotopic (exact) mass is 283 g/mol. The zero-order valence-corrected chi connectivity index (χ0v) is 10.8. The van der Waals surface area contributed by atoms with Crippen molar-refractivity contribution in [2.75, 3.05) is 11.9 Å². The molecule has 0 aliphatic carbocycles. The van der Waals surface area contributed by atoms with Gasteiger partial charge < -0.3 is 10.4 Å². The van der Waals surface area contributed by atoms with Gasteiger partial charge in [-0.05, 0) is 12.1 Å². The molecule has 0 atom stereocenters. The van der Waals surface area contributed by atoms with Crippen LogP contribution in [0.1, 0.15) is 16.1 Å². The molecule has 0 unspecified atom stereocenters. The van der Waals surface area contributed by atoms with Crippen molar-refractivity contribution in [1.29, 1.82) is 0 Å². The van der Waals surface area contributed by atoms with Crippen LogP contribution in [0.4, 0.5) is 5.82 Å². The highest BCUT2D eigenvalue weighted by atomic mass is 35.5. The zero-order chi connectivity index (χ0) is 13.0. The first-order chi connectivity index (χ1) is 8.65. The smallest absolute Gasteiger partial charge is 0.335 e. The Morgan fingerprint density at radius 3 is 3.00 bits per heavy atom. The molecule has 0 saturated carbocycles. The molecule has 2 rings (SSSR count). The van der Waals surface area contributed by atoms with Crippen molar-refractivity contribution in [3.8, 4) is 0 Å². The van der Waals surface area contributed by atoms with Crippen LogP contribution in [0.3, 0.4) is 0 Å². The third-order valence-corrected chi connectivity index (χ3v) is 3.04. The molecule has 0 bridgehead atoms. The molecule has 0 aliphatic rings. The molecular weight excluding hydrogens is 274 g/mol. The van der Waals surface area contributed by atoms with Gasteiger partial charge >= 0.3 is 5.97 Å². The number of hydrogen-bond donors (Lipinski definition) is 2. The molecule has 0 amide bonds. The maximum absolute atomic E-state index is 10.8. The number of carboxylic acids is 1. The van der Waals surface area contributed by atoms with E-state index < -0.39 is 5.97 Å². The second-order valence-corrected chi connectivity index (χ2v) is 4.63. The summed E-state index contributed by atoms with van der Waals surface area (Å²) in [6, 6.07) is 2.77. The third kappa shape index (κ3) is 3.41. The largest absolute Gasteiger partial charge is 0.478 e. The first kappa shape index (κ1) is 12.8. The van der Waals surface area contributed by atoms with Gasteiger partial charge in [0.05, 0.1) is 16.8 Å². The zero-order valence-electron chi connectivity index (χ0n) is 9.26. The number of nitrogens with zero attached hydrogens (tertiary/aromatic N) is 2. The van der Waals surface area contributed by atoms with E-state index in [0.29, 0.717) is 12.4 Å². The van der Waals surface area contributed by atoms with Crippen molar-refractivity contribution in [3.63, 3.8) is 0 Å². The first-order valence-electron chi connectivity index (χ1n) is 5.17. The van der Waals surface area contributed by atoms with Crippen LogP contribution in [-0.4, -0.2) is 27.6 Å². The molecule has 94 valence electrons. The van der Waals surface area contributed by atoms with Gasteiger partial charge in [0, 0.05) is 18.3 Å². The maximum Gasteiger partial charge on any atom is 0.335 e. The lowest BCUT2D eigenvalue weighted by atomic mass is 10.2. The van der Waals surface area contributed by atoms with Crippen LogP contribution in [0, 0.1) is 0 Å². The van der Waals surface area contributed by atoms with Gasteiger partial charge in [-0.15, -0.1) is 11.3 Å². The van der Waals surface area contributed by atoms with E-state index in [2.05, 4.69) is 15.3 Å². The van der Waals surface area contributed by atoms with Crippen LogP contribution in [0.2, 0.25) is 5.15 Å². The van der Waals surface area contributed by atoms with Crippen LogP contribution >= 0.6 is 22.9 Å². The number of rotatable bonds is 5. The molecule has 18 heavy (non-hydrogen) atoms. The van der Waals surface area contributed by atoms with Crippen LogP contribution in [0.5, 0.6) is 0 Å². The highest BCUT2D eigenvalue weighted by Crippen LogP contribution is 2.14. The minimum absolute atomic E-state index is 0.117. The van der Waals surface area contributed by atoms with E-state index in [1.165, 1.54) is 12.1 Å². The van der Waals surface area contributed by atoms with Gasteiger partial charge in [0.25, 0.3) is 0 Å². The van der Waals surface area contributed by atoms with Crippen molar-refractivity contribution in [2.45, 2.75) is 6.42 Å². The predicted octanol–water partition coefficient (Wildman–Crippen LogP) is 2.54. The van der Waals surface area contributed by atoms with E-state index in [1.54, 1.807) is 16.8 Å². The fourth-order valence-corrected chi connectivity index (χ4v) is 2.19. The fraction of sp³-hybridized carbons (Fsp3) is 0.182. The quantitative estimate of drug-likeness (QED) is 0.825. The van der Waals surface area contributed by atoms with Crippen molar-refractivity contribution in [2.24, 2.45) is 0 Å². The molecule has 0 aliphatic heterocycles. The number of aromatic nitrogens is 2. The molecule has 0 spiro atoms. The minimum Gasteiger partial charge on any atom is -0.478 e. The number of thiazole rings is 1. The van der Waals surface area contributed by atoms with E-state index >= 15 is 0 Å². The van der Waals surface area contributed by atoms with Crippen molar-refractivity contribution in [3.05, 3.63) is 39.4 Å². The van der Waals surface area contributed by atoms with E-state index in [4.69, 9.17) is 16.7 Å². The van der Waals surface area contributed by atoms with Crippen LogP contribution < -0.4 is 5.32 Å². The first-order valence-corrected chi connectivity index (χ1v) is 6.49. The molecule has 2 aromatic rings. The Morgan fingerprint density at radius 1 is 1.50 bits per heavy atom. The summed E-state index contributed by atoms with van der Waals surface area (Å²) in [5.74, 6) is -0.572. The summed E-state index contributed by atoms with van der Waals surface area (Å²) < 4.78 is 0. The van der Waals surface area contributed by atoms with Crippen molar-refractivity contribution in [1.82, 2.24) is 9.97 Å². The number of pyridine rings is 1. The Morgan fingerprint density at radius 2 is 2.33 bits per heavy atom. The lowest BCUT2D eigenvalue weighted by molar-refractivity contribution is 0.0697. The maximum atomic E-state index is 10.8. The van der Waals surface area contributed by atoms with E-state index in [1.807, 2.05) is 5.38 Å². The van der Waals surface area contributed by atoms with Crippen molar-refractivity contribution >= 4 is 34.7 Å². The lowest BCUT2D eigenvalue weighted by Gasteiger charge is -2.06. The molecule has 2 N–H and O–H groups in total. The van der Waals surface area contributed by atoms with Crippen LogP contribution in [0.15, 0.2) is 23.0 Å². The lowest BCUT2D eigenvalue weighted by Crippen LogP contribution is -2.08. The average Bonchev–Trinajstić information content (AvgIpc) is 2.81. The highest BCUT2D eigenvalue weighted by molar-refractivity contribution is 7.07. The topological polar surface area (TPSA) is 75.1 Å². The molecule has 0 aromatic carbocycles. The summed E-state index contributed by atoms with van der Waals surface area (Å²) in [7, 11) is 0. The Bertz CT molecular complexity index is 545. The number of halogens is 1. The number of anilines is 1. The Hall–Kier alpha value is -1.66. The molecule has 0 radical (unpaired) electrons. The van der Waals surface area contributed by atoms with Crippen LogP contribution in [0.25, 0.3) is 0 Å². The van der Waals surface area contributed by atoms with Gasteiger partial charge in [-0.25, -0.2) is 14.8 Å². The Labute approximate surface area is 112 Å². The Kier molecular flexibility index (Phi) is 4.11. The number of nitrogens with one attached hydrogen (secondary N) is 1. The van der Waals surface area contributed by atoms with Crippen molar-refractivity contribution < 1.29 is 9.90 Å². The Balaban J connectivity index is 1.98. The molecule has 7 heteroatoms. The van der Waals surface area contributed by atoms with E-state index in [-0.39, 0.29) is 10.7 Å². The summed E-state index contributed by atoms with van der Waals surface area (Å²) in [4.78, 5) is 19.0. The molecule has 0 fully saturated rings. The van der Waals surface area contributed by atoms with Gasteiger partial charge in [-0.2, -0.15) is 0 Å². The molecular formula is C11H10ClN3O2S. The molecule has 5 nitrogen and oxygen atoms in total. The summed E-state index contributed by atoms with van der Waals surface area (Å²) in [5.41, 5.74) is 2.88. The third-order valence-electron chi connectivity index (χ3n) is 2.21. The summed E-state index contributed by atoms with van der Waals surface area (Å²) >= 11 is 7.29. The van der Waals surface area contributed by atoms with Gasteiger partial charge in [-0.3, -0.25) is 0 Å². The van der Waals surface area contributed by atoms with Gasteiger partial charge in [0.1, 0.15) is 11.0 Å². The predicted molar refractivity (Wildman–Crippen MR) is 70.5 cm³/mol. The van der Waals surface area contributed by atoms with Crippen LogP contribution in [-0.2, 0) is 6.42 Å². The van der Waals surface area contributed by atoms with Gasteiger partial charge in [-0.1, -0.05) is 11.6 Å². The highest BCUT2D eigenvalue weighted by Gasteiger charge is 2.07. The fourth-order valence-electron chi connectivity index (χ4n) is 1.39. The minimum atomic E-state index is -1.03. The SMILES string of the molecule is O=C(O)c1cc(Cl)nc(NCCc2cscn2)c1. The molecule has 2 aromatic heterocycles. The number of carboxylic acid groups (broad SMARTS) is 1. The van der Waals surface area contributed by atoms with E-state index in [9.17, 15) is 4.79 Å². The summed E-state index contributed by atoms with van der Waals surface area (Å²) in [6.07, 6.45) is 0.750. The number of hydrogen-bond acceptors (Lipinski definition) is 5. The van der Waals surface area contributed by atoms with Gasteiger partial charge in [0.15, 0.2) is 0 Å². The summed E-state index contributed by atoms with van der Waals surface area (Å²) in [5, 5.41) is 14.0. The van der Waals surface area contributed by atoms with E-state index in [0.717, 1.165) is 12.1 Å². The second-order valence-electron chi connectivity index (χ2n) is 3.53. The molecule has 2 heterocycles. The average molecular weight is 284 g/mol. The molecule has 0 saturated heterocycles. The normalized spacial score (nSPS) is 10.3. The van der Waals surface area contributed by atoms with Gasteiger partial charge in [0.2, 0.25) is 0 Å². The summed E-state index contributed by atoms with van der Waals surface area (Å²) in [6.45, 7) is 0.621. The standard InChI is InChI=1S/C11H10ClN3O2S/c12-9-3-7(11(16)17)4-10(15-9)13-2-1-8-5-18-6-14-8/h3-6H,1-2H2,(H,13,15)(H,16,17). The second kappa shape index (κ2) is 5.79. The number of carbonyl (C=O) groups is 1. The number of aromatic carboxylic acids is 1.